The molecule has 2 N–H and O–H groups in total. The number of hydrogen-bond acceptors (Lipinski definition) is 6. The molecule has 3 rings (SSSR count). The highest BCUT2D eigenvalue weighted by molar-refractivity contribution is 7.89. The molecule has 2 aromatic carbocycles. The number of para-hydroxylation sites is 1. The van der Waals surface area contributed by atoms with Crippen molar-refractivity contribution < 1.29 is 17.9 Å². The van der Waals surface area contributed by atoms with Gasteiger partial charge in [0.05, 0.1) is 17.8 Å². The maximum absolute atomic E-state index is 12.5. The second-order valence-corrected chi connectivity index (χ2v) is 9.51. The van der Waals surface area contributed by atoms with Gasteiger partial charge in [-0.05, 0) is 49.7 Å². The third-order valence-corrected chi connectivity index (χ3v) is 6.74. The molecule has 1 aliphatic rings. The average molecular weight is 466 g/mol. The zero-order chi connectivity index (χ0) is 22.4. The summed E-state index contributed by atoms with van der Waals surface area (Å²) >= 11 is 6.29. The molecular weight excluding hydrogens is 438 g/mol. The quantitative estimate of drug-likeness (QED) is 0.451. The van der Waals surface area contributed by atoms with E-state index in [1.165, 1.54) is 19.2 Å². The van der Waals surface area contributed by atoms with Gasteiger partial charge >= 0.3 is 0 Å². The Balaban J connectivity index is 1.44. The topological polar surface area (TPSA) is 92.9 Å². The Morgan fingerprint density at radius 2 is 1.81 bits per heavy atom. The highest BCUT2D eigenvalue weighted by atomic mass is 35.5. The van der Waals surface area contributed by atoms with E-state index in [0.29, 0.717) is 12.0 Å². The number of sulfonamides is 1. The molecule has 31 heavy (non-hydrogen) atoms. The van der Waals surface area contributed by atoms with Gasteiger partial charge in [-0.3, -0.25) is 9.69 Å². The molecule has 0 spiro atoms. The number of rotatable bonds is 9. The number of carbonyl (C=O) groups is 1. The first-order valence-electron chi connectivity index (χ1n) is 10.3. The van der Waals surface area contributed by atoms with Crippen LogP contribution in [0, 0.1) is 0 Å². The summed E-state index contributed by atoms with van der Waals surface area (Å²) < 4.78 is 28.5. The number of nitrogens with two attached hydrogens (primary N) is 1. The van der Waals surface area contributed by atoms with Gasteiger partial charge in [0.1, 0.15) is 10.6 Å². The number of unbranched alkanes of at least 4 members (excludes halogenated alkanes) is 1. The van der Waals surface area contributed by atoms with Crippen molar-refractivity contribution in [3.63, 3.8) is 0 Å². The molecule has 0 amide bonds. The van der Waals surface area contributed by atoms with Gasteiger partial charge in [-0.1, -0.05) is 23.7 Å². The van der Waals surface area contributed by atoms with Crippen LogP contribution in [-0.4, -0.2) is 58.9 Å². The molecule has 2 aromatic rings. The molecule has 0 unspecified atom stereocenters. The van der Waals surface area contributed by atoms with Crippen LogP contribution in [-0.2, 0) is 10.0 Å². The van der Waals surface area contributed by atoms with Crippen molar-refractivity contribution >= 4 is 33.1 Å². The minimum Gasteiger partial charge on any atom is -0.495 e. The summed E-state index contributed by atoms with van der Waals surface area (Å²) in [6.07, 6.45) is 1.99. The first kappa shape index (κ1) is 23.5. The van der Waals surface area contributed by atoms with Crippen LogP contribution >= 0.6 is 11.6 Å². The molecule has 0 aromatic heterocycles. The number of nitrogens with zero attached hydrogens (tertiary/aromatic N) is 2. The second-order valence-electron chi connectivity index (χ2n) is 7.57. The van der Waals surface area contributed by atoms with E-state index in [9.17, 15) is 13.2 Å². The van der Waals surface area contributed by atoms with Crippen LogP contribution in [0.15, 0.2) is 47.4 Å². The summed E-state index contributed by atoms with van der Waals surface area (Å²) in [6, 6.07) is 12.2. The van der Waals surface area contributed by atoms with Crippen LogP contribution in [0.25, 0.3) is 0 Å². The zero-order valence-electron chi connectivity index (χ0n) is 17.6. The number of Topliss-reactive ketones (excluding diaryl/α,β-unsaturated/α-hetero) is 1. The number of benzene rings is 2. The lowest BCUT2D eigenvalue weighted by molar-refractivity contribution is 0.0977. The van der Waals surface area contributed by atoms with Crippen LogP contribution in [0.2, 0.25) is 5.02 Å². The van der Waals surface area contributed by atoms with E-state index in [2.05, 4.69) is 9.80 Å². The highest BCUT2D eigenvalue weighted by Crippen LogP contribution is 2.26. The molecule has 0 atom stereocenters. The molecule has 1 fully saturated rings. The minimum absolute atomic E-state index is 0.101. The van der Waals surface area contributed by atoms with Crippen LogP contribution in [0.4, 0.5) is 5.69 Å². The maximum Gasteiger partial charge on any atom is 0.241 e. The van der Waals surface area contributed by atoms with Crippen LogP contribution in [0.1, 0.15) is 29.6 Å². The Hall–Kier alpha value is -2.13. The van der Waals surface area contributed by atoms with Crippen molar-refractivity contribution in [3.8, 4) is 5.75 Å². The maximum atomic E-state index is 12.5. The molecule has 7 nitrogen and oxygen atoms in total. The summed E-state index contributed by atoms with van der Waals surface area (Å²) in [5.74, 6) is 0.0334. The minimum atomic E-state index is -3.96. The van der Waals surface area contributed by atoms with Crippen molar-refractivity contribution in [2.24, 2.45) is 5.14 Å². The lowest BCUT2D eigenvalue weighted by Crippen LogP contribution is -2.46. The lowest BCUT2D eigenvalue weighted by atomic mass is 10.1. The fourth-order valence-electron chi connectivity index (χ4n) is 3.76. The monoisotopic (exact) mass is 465 g/mol. The highest BCUT2D eigenvalue weighted by Gasteiger charge is 2.20. The summed E-state index contributed by atoms with van der Waals surface area (Å²) in [6.45, 7) is 4.68. The van der Waals surface area contributed by atoms with Gasteiger partial charge in [0, 0.05) is 38.2 Å². The average Bonchev–Trinajstić information content (AvgIpc) is 2.76. The van der Waals surface area contributed by atoms with Gasteiger partial charge in [-0.2, -0.15) is 0 Å². The molecule has 0 radical (unpaired) electrons. The third kappa shape index (κ3) is 6.20. The van der Waals surface area contributed by atoms with E-state index in [0.717, 1.165) is 56.3 Å². The lowest BCUT2D eigenvalue weighted by Gasteiger charge is -2.36. The first-order valence-corrected chi connectivity index (χ1v) is 12.2. The summed E-state index contributed by atoms with van der Waals surface area (Å²) in [7, 11) is -2.60. The van der Waals surface area contributed by atoms with E-state index >= 15 is 0 Å². The van der Waals surface area contributed by atoms with E-state index in [1.807, 2.05) is 24.3 Å². The molecule has 1 heterocycles. The van der Waals surface area contributed by atoms with Crippen molar-refractivity contribution in [2.45, 2.75) is 24.2 Å². The number of halogens is 1. The van der Waals surface area contributed by atoms with Crippen LogP contribution in [0.5, 0.6) is 5.75 Å². The standard InChI is InChI=1S/C22H28ClN3O4S/c1-30-21-10-9-17(16-22(21)31(24,28)29)20(27)8-4-5-11-25-12-14-26(15-13-25)19-7-3-2-6-18(19)23/h2-3,6-7,9-10,16H,4-5,8,11-15H2,1H3,(H2,24,28,29). The number of primary sulfonamides is 1. The second kappa shape index (κ2) is 10.5. The predicted molar refractivity (Wildman–Crippen MR) is 123 cm³/mol. The third-order valence-electron chi connectivity index (χ3n) is 5.49. The summed E-state index contributed by atoms with van der Waals surface area (Å²) in [5, 5.41) is 6.00. The number of hydrogen-bond donors (Lipinski definition) is 1. The van der Waals surface area contributed by atoms with Gasteiger partial charge in [-0.15, -0.1) is 0 Å². The summed E-state index contributed by atoms with van der Waals surface area (Å²) in [5.41, 5.74) is 1.41. The Labute approximate surface area is 188 Å². The van der Waals surface area contributed by atoms with Gasteiger partial charge in [0.2, 0.25) is 10.0 Å². The number of ketones is 1. The van der Waals surface area contributed by atoms with Crippen molar-refractivity contribution in [1.29, 1.82) is 0 Å². The van der Waals surface area contributed by atoms with Gasteiger partial charge in [0.25, 0.3) is 0 Å². The fraction of sp³-hybridized carbons (Fsp3) is 0.409. The molecule has 0 saturated carbocycles. The van der Waals surface area contributed by atoms with E-state index in [1.54, 1.807) is 6.07 Å². The predicted octanol–water partition coefficient (Wildman–Crippen LogP) is 3.17. The zero-order valence-corrected chi connectivity index (χ0v) is 19.2. The van der Waals surface area contributed by atoms with Gasteiger partial charge in [-0.25, -0.2) is 13.6 Å². The molecule has 9 heteroatoms. The molecule has 168 valence electrons. The van der Waals surface area contributed by atoms with Crippen LogP contribution < -0.4 is 14.8 Å². The molecule has 1 saturated heterocycles. The normalized spacial score (nSPS) is 15.1. The van der Waals surface area contributed by atoms with Gasteiger partial charge in [0.15, 0.2) is 5.78 Å². The molecule has 0 aliphatic carbocycles. The smallest absolute Gasteiger partial charge is 0.241 e. The Bertz CT molecular complexity index is 1020. The molecule has 0 bridgehead atoms. The van der Waals surface area contributed by atoms with Gasteiger partial charge < -0.3 is 9.64 Å². The Morgan fingerprint density at radius 1 is 1.10 bits per heavy atom. The largest absolute Gasteiger partial charge is 0.495 e. The Morgan fingerprint density at radius 3 is 2.45 bits per heavy atom. The van der Waals surface area contributed by atoms with Crippen molar-refractivity contribution in [2.75, 3.05) is 44.7 Å². The fourth-order valence-corrected chi connectivity index (χ4v) is 4.74. The van der Waals surface area contributed by atoms with Crippen LogP contribution in [0.3, 0.4) is 0 Å². The Kier molecular flexibility index (Phi) is 7.94. The van der Waals surface area contributed by atoms with E-state index in [-0.39, 0.29) is 16.4 Å². The molecular formula is C22H28ClN3O4S. The number of piperazine rings is 1. The molecule has 1 aliphatic heterocycles. The number of ether oxygens (including phenoxy) is 1. The van der Waals surface area contributed by atoms with E-state index < -0.39 is 10.0 Å². The van der Waals surface area contributed by atoms with Crippen molar-refractivity contribution in [1.82, 2.24) is 4.90 Å². The number of carbonyl (C=O) groups excluding carboxylic acids is 1. The number of anilines is 1. The number of methoxy groups -OCH3 is 1. The summed E-state index contributed by atoms with van der Waals surface area (Å²) in [4.78, 5) is 17.0. The first-order chi connectivity index (χ1) is 14.8. The van der Waals surface area contributed by atoms with Crippen molar-refractivity contribution in [3.05, 3.63) is 53.1 Å². The van der Waals surface area contributed by atoms with E-state index in [4.69, 9.17) is 21.5 Å². The SMILES string of the molecule is COc1ccc(C(=O)CCCCN2CCN(c3ccccc3Cl)CC2)cc1S(N)(=O)=O.